The number of aliphatic hydroxyl groups excluding tert-OH is 1. The van der Waals surface area contributed by atoms with Gasteiger partial charge >= 0.3 is 0 Å². The molecule has 0 saturated carbocycles. The lowest BCUT2D eigenvalue weighted by Gasteiger charge is -2.20. The zero-order chi connectivity index (χ0) is 12.6. The standard InChI is InChI=1S/C9H19F2NO3S/c1-2-16(14,15)7-3-4-12(5-6-13)8-9(10)11/h9,13H,2-8H2,1H3. The van der Waals surface area contributed by atoms with Crippen LogP contribution in [0.5, 0.6) is 0 Å². The number of sulfone groups is 1. The van der Waals surface area contributed by atoms with E-state index in [4.69, 9.17) is 5.11 Å². The number of halogens is 2. The number of rotatable bonds is 9. The summed E-state index contributed by atoms with van der Waals surface area (Å²) in [5.74, 6) is 0.0799. The summed E-state index contributed by atoms with van der Waals surface area (Å²) in [6.07, 6.45) is -2.14. The van der Waals surface area contributed by atoms with Crippen LogP contribution in [0.1, 0.15) is 13.3 Å². The van der Waals surface area contributed by atoms with E-state index in [1.807, 2.05) is 0 Å². The number of hydrogen-bond donors (Lipinski definition) is 1. The maximum Gasteiger partial charge on any atom is 0.251 e. The quantitative estimate of drug-likeness (QED) is 0.650. The fourth-order valence-electron chi connectivity index (χ4n) is 1.28. The van der Waals surface area contributed by atoms with E-state index >= 15 is 0 Å². The molecule has 0 rings (SSSR count). The summed E-state index contributed by atoms with van der Waals surface area (Å²) >= 11 is 0. The van der Waals surface area contributed by atoms with Gasteiger partial charge in [-0.3, -0.25) is 4.90 Å². The van der Waals surface area contributed by atoms with Gasteiger partial charge in [-0.25, -0.2) is 17.2 Å². The first kappa shape index (κ1) is 15.7. The third-order valence-corrected chi connectivity index (χ3v) is 3.97. The van der Waals surface area contributed by atoms with Crippen molar-refractivity contribution in [1.82, 2.24) is 4.90 Å². The number of alkyl halides is 2. The molecule has 1 N–H and O–H groups in total. The Morgan fingerprint density at radius 1 is 1.31 bits per heavy atom. The van der Waals surface area contributed by atoms with Crippen LogP contribution in [-0.2, 0) is 9.84 Å². The monoisotopic (exact) mass is 259 g/mol. The summed E-state index contributed by atoms with van der Waals surface area (Å²) < 4.78 is 46.5. The number of nitrogens with zero attached hydrogens (tertiary/aromatic N) is 1. The average Bonchev–Trinajstić information content (AvgIpc) is 2.17. The molecule has 0 amide bonds. The lowest BCUT2D eigenvalue weighted by molar-refractivity contribution is 0.0785. The van der Waals surface area contributed by atoms with Crippen molar-refractivity contribution in [1.29, 1.82) is 0 Å². The first-order valence-corrected chi connectivity index (χ1v) is 7.05. The van der Waals surface area contributed by atoms with Gasteiger partial charge in [-0.05, 0) is 13.0 Å². The molecule has 98 valence electrons. The van der Waals surface area contributed by atoms with Crippen molar-refractivity contribution in [2.75, 3.05) is 37.7 Å². The smallest absolute Gasteiger partial charge is 0.251 e. The largest absolute Gasteiger partial charge is 0.395 e. The van der Waals surface area contributed by atoms with Crippen LogP contribution in [0, 0.1) is 0 Å². The fourth-order valence-corrected chi connectivity index (χ4v) is 2.14. The molecule has 0 heterocycles. The van der Waals surface area contributed by atoms with Gasteiger partial charge in [0, 0.05) is 12.3 Å². The third-order valence-electron chi connectivity index (χ3n) is 2.18. The maximum absolute atomic E-state index is 12.1. The van der Waals surface area contributed by atoms with Gasteiger partial charge in [0.05, 0.1) is 18.9 Å². The molecule has 0 unspecified atom stereocenters. The van der Waals surface area contributed by atoms with Crippen LogP contribution >= 0.6 is 0 Å². The van der Waals surface area contributed by atoms with Crippen LogP contribution in [0.3, 0.4) is 0 Å². The topological polar surface area (TPSA) is 57.6 Å². The summed E-state index contributed by atoms with van der Waals surface area (Å²) in [4.78, 5) is 1.37. The Morgan fingerprint density at radius 3 is 2.38 bits per heavy atom. The van der Waals surface area contributed by atoms with Crippen LogP contribution in [0.15, 0.2) is 0 Å². The van der Waals surface area contributed by atoms with E-state index in [0.717, 1.165) is 0 Å². The maximum atomic E-state index is 12.1. The molecule has 16 heavy (non-hydrogen) atoms. The Morgan fingerprint density at radius 2 is 1.94 bits per heavy atom. The van der Waals surface area contributed by atoms with Crippen molar-refractivity contribution in [2.24, 2.45) is 0 Å². The second kappa shape index (κ2) is 7.92. The molecule has 0 aromatic heterocycles. The first-order valence-electron chi connectivity index (χ1n) is 5.23. The van der Waals surface area contributed by atoms with Crippen LogP contribution < -0.4 is 0 Å². The molecule has 0 aliphatic carbocycles. The number of aliphatic hydroxyl groups is 1. The highest BCUT2D eigenvalue weighted by atomic mass is 32.2. The molecule has 0 radical (unpaired) electrons. The third kappa shape index (κ3) is 7.95. The predicted octanol–water partition coefficient (Wildman–Crippen LogP) is 0.371. The normalized spacial score (nSPS) is 12.6. The average molecular weight is 259 g/mol. The van der Waals surface area contributed by atoms with Crippen molar-refractivity contribution in [3.05, 3.63) is 0 Å². The molecule has 0 saturated heterocycles. The minimum atomic E-state index is -3.04. The van der Waals surface area contributed by atoms with Gasteiger partial charge in [-0.1, -0.05) is 6.92 Å². The molecule has 0 fully saturated rings. The summed E-state index contributed by atoms with van der Waals surface area (Å²) in [6, 6.07) is 0. The van der Waals surface area contributed by atoms with E-state index in [0.29, 0.717) is 6.42 Å². The second-order valence-corrected chi connectivity index (χ2v) is 5.98. The van der Waals surface area contributed by atoms with Gasteiger partial charge in [0.15, 0.2) is 0 Å². The van der Waals surface area contributed by atoms with Crippen LogP contribution in [0.25, 0.3) is 0 Å². The SMILES string of the molecule is CCS(=O)(=O)CCCN(CCO)CC(F)F. The molecule has 7 heteroatoms. The second-order valence-electron chi connectivity index (χ2n) is 3.51. The molecule has 0 aromatic carbocycles. The fraction of sp³-hybridized carbons (Fsp3) is 1.00. The Balaban J connectivity index is 3.93. The van der Waals surface area contributed by atoms with E-state index in [9.17, 15) is 17.2 Å². The number of hydrogen-bond acceptors (Lipinski definition) is 4. The van der Waals surface area contributed by atoms with Gasteiger partial charge in [-0.2, -0.15) is 0 Å². The molecule has 0 aliphatic heterocycles. The summed E-state index contributed by atoms with van der Waals surface area (Å²) in [5.41, 5.74) is 0. The van der Waals surface area contributed by atoms with Gasteiger partial charge in [0.1, 0.15) is 9.84 Å². The van der Waals surface area contributed by atoms with Gasteiger partial charge < -0.3 is 5.11 Å². The lowest BCUT2D eigenvalue weighted by Crippen LogP contribution is -2.33. The zero-order valence-corrected chi connectivity index (χ0v) is 10.2. The summed E-state index contributed by atoms with van der Waals surface area (Å²) in [7, 11) is -3.04. The molecule has 0 spiro atoms. The molecule has 0 aromatic rings. The highest BCUT2D eigenvalue weighted by Gasteiger charge is 2.13. The molecule has 4 nitrogen and oxygen atoms in total. The molecule has 0 atom stereocenters. The van der Waals surface area contributed by atoms with Crippen LogP contribution in [0.4, 0.5) is 8.78 Å². The molecule has 0 bridgehead atoms. The van der Waals surface area contributed by atoms with Gasteiger partial charge in [0.25, 0.3) is 6.43 Å². The van der Waals surface area contributed by atoms with E-state index in [1.54, 1.807) is 6.92 Å². The van der Waals surface area contributed by atoms with Crippen molar-refractivity contribution < 1.29 is 22.3 Å². The van der Waals surface area contributed by atoms with Crippen molar-refractivity contribution in [3.8, 4) is 0 Å². The van der Waals surface area contributed by atoms with E-state index < -0.39 is 22.8 Å². The minimum absolute atomic E-state index is 0.00860. The highest BCUT2D eigenvalue weighted by Crippen LogP contribution is 2.01. The Kier molecular flexibility index (Phi) is 7.78. The molecule has 0 aliphatic rings. The minimum Gasteiger partial charge on any atom is -0.395 e. The van der Waals surface area contributed by atoms with Crippen molar-refractivity contribution >= 4 is 9.84 Å². The van der Waals surface area contributed by atoms with Gasteiger partial charge in [-0.15, -0.1) is 0 Å². The summed E-state index contributed by atoms with van der Waals surface area (Å²) in [5, 5.41) is 8.65. The van der Waals surface area contributed by atoms with Crippen LogP contribution in [-0.4, -0.2) is 62.6 Å². The van der Waals surface area contributed by atoms with Crippen molar-refractivity contribution in [2.45, 2.75) is 19.8 Å². The van der Waals surface area contributed by atoms with E-state index in [2.05, 4.69) is 0 Å². The van der Waals surface area contributed by atoms with E-state index in [-0.39, 0.29) is 31.2 Å². The lowest BCUT2D eigenvalue weighted by atomic mass is 10.4. The van der Waals surface area contributed by atoms with E-state index in [1.165, 1.54) is 4.90 Å². The van der Waals surface area contributed by atoms with Gasteiger partial charge in [0.2, 0.25) is 0 Å². The predicted molar refractivity (Wildman–Crippen MR) is 58.5 cm³/mol. The molecular formula is C9H19F2NO3S. The zero-order valence-electron chi connectivity index (χ0n) is 9.40. The highest BCUT2D eigenvalue weighted by molar-refractivity contribution is 7.91. The van der Waals surface area contributed by atoms with Crippen molar-refractivity contribution in [3.63, 3.8) is 0 Å². The Bertz CT molecular complexity index is 270. The summed E-state index contributed by atoms with van der Waals surface area (Å²) in [6.45, 7) is 1.35. The first-order chi connectivity index (χ1) is 7.41. The Labute approximate surface area is 95.2 Å². The van der Waals surface area contributed by atoms with Crippen LogP contribution in [0.2, 0.25) is 0 Å². The molecular weight excluding hydrogens is 240 g/mol. The Hall–Kier alpha value is -0.270.